The maximum atomic E-state index is 11.8. The lowest BCUT2D eigenvalue weighted by atomic mass is 10.1. The number of carbonyl (C=O) groups is 1. The van der Waals surface area contributed by atoms with Gasteiger partial charge in [-0.2, -0.15) is 0 Å². The molecule has 22 heavy (non-hydrogen) atoms. The third kappa shape index (κ3) is 3.61. The van der Waals surface area contributed by atoms with E-state index in [4.69, 9.17) is 4.74 Å². The largest absolute Gasteiger partial charge is 0.497 e. The fourth-order valence-corrected chi connectivity index (χ4v) is 3.42. The van der Waals surface area contributed by atoms with Crippen molar-refractivity contribution in [2.45, 2.75) is 51.2 Å². The van der Waals surface area contributed by atoms with Crippen molar-refractivity contribution in [1.82, 2.24) is 9.80 Å². The highest BCUT2D eigenvalue weighted by Gasteiger charge is 2.35. The van der Waals surface area contributed by atoms with Crippen molar-refractivity contribution in [3.8, 4) is 5.75 Å². The van der Waals surface area contributed by atoms with Crippen molar-refractivity contribution in [1.29, 1.82) is 0 Å². The molecular formula is C18H26N2O2. The Hall–Kier alpha value is -1.55. The summed E-state index contributed by atoms with van der Waals surface area (Å²) < 4.78 is 5.21. The van der Waals surface area contributed by atoms with Crippen LogP contribution in [0.2, 0.25) is 0 Å². The van der Waals surface area contributed by atoms with E-state index in [9.17, 15) is 4.79 Å². The highest BCUT2D eigenvalue weighted by atomic mass is 16.5. The van der Waals surface area contributed by atoms with Crippen molar-refractivity contribution >= 4 is 5.91 Å². The molecule has 0 unspecified atom stereocenters. The molecule has 0 bridgehead atoms. The van der Waals surface area contributed by atoms with Crippen LogP contribution >= 0.6 is 0 Å². The number of rotatable bonds is 6. The van der Waals surface area contributed by atoms with Crippen LogP contribution in [-0.4, -0.2) is 48.0 Å². The number of hydrogen-bond acceptors (Lipinski definition) is 3. The predicted octanol–water partition coefficient (Wildman–Crippen LogP) is 2.67. The Kier molecular flexibility index (Phi) is 4.67. The third-order valence-corrected chi connectivity index (χ3v) is 4.84. The van der Waals surface area contributed by atoms with Gasteiger partial charge in [0, 0.05) is 32.1 Å². The number of amides is 1. The maximum absolute atomic E-state index is 11.8. The molecule has 4 heteroatoms. The first-order chi connectivity index (χ1) is 10.7. The highest BCUT2D eigenvalue weighted by Crippen LogP contribution is 2.29. The van der Waals surface area contributed by atoms with Gasteiger partial charge < -0.3 is 9.64 Å². The molecule has 1 aliphatic carbocycles. The van der Waals surface area contributed by atoms with Crippen LogP contribution < -0.4 is 4.74 Å². The highest BCUT2D eigenvalue weighted by molar-refractivity contribution is 5.74. The average molecular weight is 302 g/mol. The first-order valence-corrected chi connectivity index (χ1v) is 8.31. The first kappa shape index (κ1) is 15.3. The van der Waals surface area contributed by atoms with Gasteiger partial charge in [0.1, 0.15) is 5.75 Å². The maximum Gasteiger partial charge on any atom is 0.219 e. The lowest BCUT2D eigenvalue weighted by Gasteiger charge is -2.30. The van der Waals surface area contributed by atoms with Gasteiger partial charge in [-0.15, -0.1) is 0 Å². The van der Waals surface area contributed by atoms with E-state index in [1.165, 1.54) is 31.2 Å². The quantitative estimate of drug-likeness (QED) is 0.810. The minimum absolute atomic E-state index is 0.235. The zero-order valence-electron chi connectivity index (χ0n) is 13.6. The van der Waals surface area contributed by atoms with Gasteiger partial charge in [-0.05, 0) is 49.9 Å². The number of benzene rings is 1. The van der Waals surface area contributed by atoms with Crippen molar-refractivity contribution in [2.24, 2.45) is 0 Å². The normalized spacial score (nSPS) is 21.8. The molecule has 0 N–H and O–H groups in total. The molecule has 1 amide bonds. The van der Waals surface area contributed by atoms with E-state index in [-0.39, 0.29) is 5.91 Å². The molecule has 1 aromatic rings. The third-order valence-electron chi connectivity index (χ3n) is 4.84. The molecule has 1 atom stereocenters. The molecule has 1 aliphatic heterocycles. The summed E-state index contributed by atoms with van der Waals surface area (Å²) in [6.45, 7) is 4.70. The summed E-state index contributed by atoms with van der Waals surface area (Å²) in [6.07, 6.45) is 4.81. The van der Waals surface area contributed by atoms with Gasteiger partial charge in [-0.25, -0.2) is 0 Å². The molecule has 2 aliphatic rings. The monoisotopic (exact) mass is 302 g/mol. The van der Waals surface area contributed by atoms with E-state index in [0.29, 0.717) is 12.1 Å². The predicted molar refractivity (Wildman–Crippen MR) is 86.8 cm³/mol. The fourth-order valence-electron chi connectivity index (χ4n) is 3.42. The SMILES string of the molecule is COc1ccc(CN2CCC[C@H]2CN(C(C)=O)C2CC2)cc1. The van der Waals surface area contributed by atoms with Crippen LogP contribution in [0.1, 0.15) is 38.2 Å². The average Bonchev–Trinajstić information content (AvgIpc) is 3.27. The molecule has 0 radical (unpaired) electrons. The number of hydrogen-bond donors (Lipinski definition) is 0. The molecule has 0 spiro atoms. The Balaban J connectivity index is 1.60. The summed E-state index contributed by atoms with van der Waals surface area (Å²) in [5.74, 6) is 1.14. The number of likely N-dealkylation sites (tertiary alicyclic amines) is 1. The van der Waals surface area contributed by atoms with Crippen LogP contribution in [0, 0.1) is 0 Å². The Morgan fingerprint density at radius 1 is 1.27 bits per heavy atom. The summed E-state index contributed by atoms with van der Waals surface area (Å²) in [5, 5.41) is 0. The lowest BCUT2D eigenvalue weighted by molar-refractivity contribution is -0.130. The van der Waals surface area contributed by atoms with Crippen molar-refractivity contribution in [3.63, 3.8) is 0 Å². The van der Waals surface area contributed by atoms with Crippen LogP contribution in [0.25, 0.3) is 0 Å². The summed E-state index contributed by atoms with van der Waals surface area (Å²) in [6, 6.07) is 9.34. The van der Waals surface area contributed by atoms with Gasteiger partial charge in [0.25, 0.3) is 0 Å². The summed E-state index contributed by atoms with van der Waals surface area (Å²) in [5.41, 5.74) is 1.31. The molecule has 1 saturated carbocycles. The van der Waals surface area contributed by atoms with Gasteiger partial charge in [0.05, 0.1) is 7.11 Å². The molecule has 3 rings (SSSR count). The molecule has 120 valence electrons. The van der Waals surface area contributed by atoms with E-state index in [1.54, 1.807) is 14.0 Å². The second-order valence-electron chi connectivity index (χ2n) is 6.52. The zero-order chi connectivity index (χ0) is 15.5. The smallest absolute Gasteiger partial charge is 0.219 e. The molecular weight excluding hydrogens is 276 g/mol. The molecule has 1 heterocycles. The minimum Gasteiger partial charge on any atom is -0.497 e. The van der Waals surface area contributed by atoms with E-state index in [1.807, 2.05) is 12.1 Å². The first-order valence-electron chi connectivity index (χ1n) is 8.31. The van der Waals surface area contributed by atoms with Gasteiger partial charge in [0.2, 0.25) is 5.91 Å². The number of nitrogens with zero attached hydrogens (tertiary/aromatic N) is 2. The Bertz CT molecular complexity index is 510. The van der Waals surface area contributed by atoms with Crippen LogP contribution in [0.5, 0.6) is 5.75 Å². The summed E-state index contributed by atoms with van der Waals surface area (Å²) in [4.78, 5) is 16.5. The standard InChI is InChI=1S/C18H26N2O2/c1-14(21)20(16-7-8-16)13-17-4-3-11-19(17)12-15-5-9-18(22-2)10-6-15/h5-6,9-10,16-17H,3-4,7-8,11-13H2,1-2H3/t17-/m0/s1. The van der Waals surface area contributed by atoms with Gasteiger partial charge in [-0.3, -0.25) is 9.69 Å². The Morgan fingerprint density at radius 3 is 2.59 bits per heavy atom. The molecule has 1 aromatic carbocycles. The van der Waals surface area contributed by atoms with Gasteiger partial charge in [-0.1, -0.05) is 12.1 Å². The van der Waals surface area contributed by atoms with Crippen LogP contribution in [0.3, 0.4) is 0 Å². The molecule has 2 fully saturated rings. The fraction of sp³-hybridized carbons (Fsp3) is 0.611. The molecule has 1 saturated heterocycles. The van der Waals surface area contributed by atoms with Crippen LogP contribution in [-0.2, 0) is 11.3 Å². The van der Waals surface area contributed by atoms with E-state index < -0.39 is 0 Å². The molecule has 4 nitrogen and oxygen atoms in total. The number of methoxy groups -OCH3 is 1. The minimum atomic E-state index is 0.235. The lowest BCUT2D eigenvalue weighted by Crippen LogP contribution is -2.43. The summed E-state index contributed by atoms with van der Waals surface area (Å²) in [7, 11) is 1.69. The summed E-state index contributed by atoms with van der Waals surface area (Å²) >= 11 is 0. The van der Waals surface area contributed by atoms with Gasteiger partial charge >= 0.3 is 0 Å². The van der Waals surface area contributed by atoms with Crippen molar-refractivity contribution < 1.29 is 9.53 Å². The van der Waals surface area contributed by atoms with Crippen LogP contribution in [0.4, 0.5) is 0 Å². The van der Waals surface area contributed by atoms with Crippen molar-refractivity contribution in [2.75, 3.05) is 20.2 Å². The number of ether oxygens (including phenoxy) is 1. The van der Waals surface area contributed by atoms with Crippen LogP contribution in [0.15, 0.2) is 24.3 Å². The Labute approximate surface area is 133 Å². The second kappa shape index (κ2) is 6.69. The van der Waals surface area contributed by atoms with E-state index in [2.05, 4.69) is 21.9 Å². The second-order valence-corrected chi connectivity index (χ2v) is 6.52. The topological polar surface area (TPSA) is 32.8 Å². The van der Waals surface area contributed by atoms with Gasteiger partial charge in [0.15, 0.2) is 0 Å². The van der Waals surface area contributed by atoms with E-state index in [0.717, 1.165) is 25.4 Å². The number of carbonyl (C=O) groups excluding carboxylic acids is 1. The van der Waals surface area contributed by atoms with Crippen molar-refractivity contribution in [3.05, 3.63) is 29.8 Å². The zero-order valence-corrected chi connectivity index (χ0v) is 13.6. The van der Waals surface area contributed by atoms with E-state index >= 15 is 0 Å². The Morgan fingerprint density at radius 2 is 2.00 bits per heavy atom. The molecule has 0 aromatic heterocycles.